The molecule has 0 unspecified atom stereocenters. The second-order valence-electron chi connectivity index (χ2n) is 5.42. The van der Waals surface area contributed by atoms with Gasteiger partial charge >= 0.3 is 0 Å². The first kappa shape index (κ1) is 12.9. The first-order chi connectivity index (χ1) is 9.69. The monoisotopic (exact) mass is 262 g/mol. The van der Waals surface area contributed by atoms with Crippen LogP contribution in [0.2, 0.25) is 0 Å². The molecule has 0 aliphatic heterocycles. The Morgan fingerprint density at radius 2 is 2.20 bits per heavy atom. The molecule has 1 heteroatoms. The Morgan fingerprint density at radius 1 is 1.35 bits per heavy atom. The van der Waals surface area contributed by atoms with Gasteiger partial charge in [-0.15, -0.1) is 6.58 Å². The molecule has 0 aromatic heterocycles. The fraction of sp³-hybridized carbons (Fsp3) is 0.211. The summed E-state index contributed by atoms with van der Waals surface area (Å²) in [7, 11) is 0. The van der Waals surface area contributed by atoms with E-state index < -0.39 is 0 Å². The summed E-state index contributed by atoms with van der Waals surface area (Å²) >= 11 is 0. The van der Waals surface area contributed by atoms with Crippen molar-refractivity contribution in [1.29, 1.82) is 0 Å². The summed E-state index contributed by atoms with van der Waals surface area (Å²) < 4.78 is 0. The van der Waals surface area contributed by atoms with Crippen molar-refractivity contribution in [2.75, 3.05) is 0 Å². The number of carbonyl (C=O) groups is 1. The molecular formula is C19H18O. The lowest BCUT2D eigenvalue weighted by Crippen LogP contribution is -2.09. The molecule has 3 rings (SSSR count). The highest BCUT2D eigenvalue weighted by molar-refractivity contribution is 5.98. The van der Waals surface area contributed by atoms with Gasteiger partial charge in [0, 0.05) is 6.42 Å². The van der Waals surface area contributed by atoms with E-state index in [4.69, 9.17) is 0 Å². The van der Waals surface area contributed by atoms with Crippen LogP contribution >= 0.6 is 0 Å². The van der Waals surface area contributed by atoms with E-state index in [0.29, 0.717) is 0 Å². The summed E-state index contributed by atoms with van der Waals surface area (Å²) in [5.41, 5.74) is 7.48. The number of rotatable bonds is 3. The van der Waals surface area contributed by atoms with Gasteiger partial charge in [-0.25, -0.2) is 0 Å². The molecule has 20 heavy (non-hydrogen) atoms. The summed E-state index contributed by atoms with van der Waals surface area (Å²) in [4.78, 5) is 11.5. The zero-order chi connectivity index (χ0) is 14.1. The van der Waals surface area contributed by atoms with Crippen LogP contribution in [0.15, 0.2) is 60.2 Å². The Bertz CT molecular complexity index is 684. The third-order valence-electron chi connectivity index (χ3n) is 4.04. The minimum Gasteiger partial charge on any atom is -0.295 e. The summed E-state index contributed by atoms with van der Waals surface area (Å²) in [5.74, 6) is 0.174. The number of fused-ring (bicyclic) bond motifs is 3. The second kappa shape index (κ2) is 5.09. The third-order valence-corrected chi connectivity index (χ3v) is 4.04. The molecule has 1 aromatic rings. The fourth-order valence-corrected chi connectivity index (χ4v) is 2.94. The van der Waals surface area contributed by atoms with Crippen molar-refractivity contribution in [3.05, 3.63) is 76.9 Å². The van der Waals surface area contributed by atoms with E-state index in [9.17, 15) is 4.79 Å². The summed E-state index contributed by atoms with van der Waals surface area (Å²) in [6.45, 7) is 5.44. The van der Waals surface area contributed by atoms with Crippen molar-refractivity contribution in [2.45, 2.75) is 26.2 Å². The van der Waals surface area contributed by atoms with Crippen molar-refractivity contribution in [3.8, 4) is 0 Å². The van der Waals surface area contributed by atoms with Crippen LogP contribution in [-0.4, -0.2) is 5.78 Å². The molecule has 2 aliphatic rings. The zero-order valence-corrected chi connectivity index (χ0v) is 11.8. The predicted octanol–water partition coefficient (Wildman–Crippen LogP) is 4.20. The molecule has 100 valence electrons. The Balaban J connectivity index is 2.02. The van der Waals surface area contributed by atoms with Gasteiger partial charge in [0.25, 0.3) is 0 Å². The van der Waals surface area contributed by atoms with Crippen molar-refractivity contribution < 1.29 is 4.79 Å². The Kier molecular flexibility index (Phi) is 3.27. The highest BCUT2D eigenvalue weighted by Gasteiger charge is 2.21. The van der Waals surface area contributed by atoms with E-state index in [1.807, 2.05) is 12.2 Å². The highest BCUT2D eigenvalue weighted by Crippen LogP contribution is 2.38. The Labute approximate surface area is 120 Å². The standard InChI is InChI=1S/C19H18O/c1-3-4-14-5-9-18-16(11-14)6-7-17-12-15(13(2)20)8-10-19(17)18/h3,5,7-11H,1,4,6,12H2,2H3. The first-order valence-corrected chi connectivity index (χ1v) is 7.03. The fourth-order valence-electron chi connectivity index (χ4n) is 2.94. The van der Waals surface area contributed by atoms with Gasteiger partial charge in [0.2, 0.25) is 0 Å². The molecule has 0 spiro atoms. The minimum absolute atomic E-state index is 0.174. The maximum absolute atomic E-state index is 11.5. The smallest absolute Gasteiger partial charge is 0.156 e. The molecule has 0 heterocycles. The van der Waals surface area contributed by atoms with Crippen LogP contribution < -0.4 is 0 Å². The van der Waals surface area contributed by atoms with Gasteiger partial charge in [0.1, 0.15) is 0 Å². The van der Waals surface area contributed by atoms with Gasteiger partial charge in [0.05, 0.1) is 0 Å². The topological polar surface area (TPSA) is 17.1 Å². The van der Waals surface area contributed by atoms with Gasteiger partial charge in [-0.05, 0) is 53.2 Å². The van der Waals surface area contributed by atoms with E-state index in [2.05, 4.69) is 36.9 Å². The molecule has 0 saturated heterocycles. The van der Waals surface area contributed by atoms with Crippen molar-refractivity contribution >= 4 is 11.4 Å². The van der Waals surface area contributed by atoms with Crippen LogP contribution in [-0.2, 0) is 17.6 Å². The van der Waals surface area contributed by atoms with E-state index in [-0.39, 0.29) is 5.78 Å². The van der Waals surface area contributed by atoms with Crippen molar-refractivity contribution in [2.24, 2.45) is 0 Å². The molecule has 1 aromatic carbocycles. The van der Waals surface area contributed by atoms with E-state index >= 15 is 0 Å². The maximum atomic E-state index is 11.5. The van der Waals surface area contributed by atoms with Crippen LogP contribution in [0, 0.1) is 0 Å². The number of benzene rings is 1. The maximum Gasteiger partial charge on any atom is 0.156 e. The number of ketones is 1. The quantitative estimate of drug-likeness (QED) is 0.746. The van der Waals surface area contributed by atoms with Crippen LogP contribution in [0.1, 0.15) is 30.0 Å². The zero-order valence-electron chi connectivity index (χ0n) is 11.8. The Morgan fingerprint density at radius 3 is 2.95 bits per heavy atom. The Hall–Kier alpha value is -2.15. The van der Waals surface area contributed by atoms with E-state index in [0.717, 1.165) is 24.8 Å². The number of hydrogen-bond donors (Lipinski definition) is 0. The molecule has 0 fully saturated rings. The molecule has 0 radical (unpaired) electrons. The second-order valence-corrected chi connectivity index (χ2v) is 5.42. The lowest BCUT2D eigenvalue weighted by molar-refractivity contribution is -0.113. The largest absolute Gasteiger partial charge is 0.295 e. The number of hydrogen-bond acceptors (Lipinski definition) is 1. The van der Waals surface area contributed by atoms with Crippen LogP contribution in [0.3, 0.4) is 0 Å². The van der Waals surface area contributed by atoms with Gasteiger partial charge < -0.3 is 0 Å². The minimum atomic E-state index is 0.174. The van der Waals surface area contributed by atoms with Gasteiger partial charge in [-0.2, -0.15) is 0 Å². The van der Waals surface area contributed by atoms with Crippen LogP contribution in [0.4, 0.5) is 0 Å². The number of carbonyl (C=O) groups excluding carboxylic acids is 1. The SMILES string of the molecule is C=CCc1ccc2c(c1)CC=C1CC(C(C)=O)=CC=C12. The molecule has 2 aliphatic carbocycles. The summed E-state index contributed by atoms with van der Waals surface area (Å²) in [5, 5.41) is 0. The lowest BCUT2D eigenvalue weighted by Gasteiger charge is -2.24. The number of allylic oxidation sites excluding steroid dienone is 7. The molecule has 0 saturated carbocycles. The van der Waals surface area contributed by atoms with Crippen molar-refractivity contribution in [3.63, 3.8) is 0 Å². The first-order valence-electron chi connectivity index (χ1n) is 7.03. The average molecular weight is 262 g/mol. The highest BCUT2D eigenvalue weighted by atomic mass is 16.1. The van der Waals surface area contributed by atoms with Gasteiger partial charge in [0.15, 0.2) is 5.78 Å². The predicted molar refractivity (Wildman–Crippen MR) is 83.5 cm³/mol. The molecule has 1 nitrogen and oxygen atoms in total. The van der Waals surface area contributed by atoms with Crippen LogP contribution in [0.5, 0.6) is 0 Å². The molecule has 0 atom stereocenters. The third kappa shape index (κ3) is 2.20. The average Bonchev–Trinajstić information content (AvgIpc) is 2.46. The summed E-state index contributed by atoms with van der Waals surface area (Å²) in [6.07, 6.45) is 10.9. The number of Topliss-reactive ketones (excluding diaryl/α,β-unsaturated/α-hetero) is 1. The van der Waals surface area contributed by atoms with Gasteiger partial charge in [-0.1, -0.05) is 42.5 Å². The summed E-state index contributed by atoms with van der Waals surface area (Å²) in [6, 6.07) is 6.66. The van der Waals surface area contributed by atoms with E-state index in [1.165, 1.54) is 27.8 Å². The van der Waals surface area contributed by atoms with E-state index in [1.54, 1.807) is 6.92 Å². The lowest BCUT2D eigenvalue weighted by atomic mass is 9.80. The van der Waals surface area contributed by atoms with Crippen LogP contribution in [0.25, 0.3) is 5.57 Å². The van der Waals surface area contributed by atoms with Gasteiger partial charge in [-0.3, -0.25) is 4.79 Å². The molecular weight excluding hydrogens is 244 g/mol. The van der Waals surface area contributed by atoms with Crippen molar-refractivity contribution in [1.82, 2.24) is 0 Å². The molecule has 0 bridgehead atoms. The molecule has 0 N–H and O–H groups in total. The normalized spacial score (nSPS) is 16.4. The molecule has 0 amide bonds.